The van der Waals surface area contributed by atoms with E-state index in [1.165, 1.54) is 22.2 Å². The third-order valence-corrected chi connectivity index (χ3v) is 6.10. The maximum atomic E-state index is 12.8. The zero-order valence-corrected chi connectivity index (χ0v) is 14.1. The van der Waals surface area contributed by atoms with Crippen LogP contribution in [0.5, 0.6) is 0 Å². The van der Waals surface area contributed by atoms with Gasteiger partial charge in [0.2, 0.25) is 0 Å². The quantitative estimate of drug-likeness (QED) is 0.873. The van der Waals surface area contributed by atoms with Crippen LogP contribution in [0.25, 0.3) is 9.40 Å². The molecule has 1 fully saturated rings. The highest BCUT2D eigenvalue weighted by Gasteiger charge is 2.23. The largest absolute Gasteiger partial charge is 0.336 e. The molecule has 1 aliphatic rings. The van der Waals surface area contributed by atoms with Gasteiger partial charge in [-0.15, -0.1) is 22.7 Å². The fraction of sp³-hybridized carbons (Fsp3) is 0.562. The molecule has 3 heterocycles. The van der Waals surface area contributed by atoms with Crippen molar-refractivity contribution in [3.63, 3.8) is 0 Å². The SMILES string of the molecule is CCCCN(CC1CCCN1)C(=O)c1cc2sccc2s1. The number of hydrogen-bond donors (Lipinski definition) is 1. The maximum Gasteiger partial charge on any atom is 0.264 e. The topological polar surface area (TPSA) is 32.3 Å². The van der Waals surface area contributed by atoms with Gasteiger partial charge in [-0.2, -0.15) is 0 Å². The standard InChI is InChI=1S/C16H22N2OS2/c1-2-3-8-18(11-12-5-4-7-17-12)16(19)15-10-14-13(21-15)6-9-20-14/h6,9-10,12,17H,2-5,7-8,11H2,1H3. The third-order valence-electron chi connectivity index (χ3n) is 4.02. The summed E-state index contributed by atoms with van der Waals surface area (Å²) in [6.07, 6.45) is 4.63. The lowest BCUT2D eigenvalue weighted by molar-refractivity contribution is 0.0744. The van der Waals surface area contributed by atoms with Crippen molar-refractivity contribution in [2.75, 3.05) is 19.6 Å². The average molecular weight is 322 g/mol. The lowest BCUT2D eigenvalue weighted by atomic mass is 10.2. The van der Waals surface area contributed by atoms with Crippen molar-refractivity contribution in [2.45, 2.75) is 38.6 Å². The fourth-order valence-electron chi connectivity index (χ4n) is 2.83. The van der Waals surface area contributed by atoms with E-state index in [2.05, 4.69) is 34.7 Å². The molecule has 0 saturated carbocycles. The lowest BCUT2D eigenvalue weighted by Crippen LogP contribution is -2.41. The number of nitrogens with one attached hydrogen (secondary N) is 1. The van der Waals surface area contributed by atoms with Crippen LogP contribution in [0, 0.1) is 0 Å². The molecule has 1 unspecified atom stereocenters. The molecule has 2 aromatic rings. The molecule has 1 aliphatic heterocycles. The predicted octanol–water partition coefficient (Wildman–Crippen LogP) is 3.96. The van der Waals surface area contributed by atoms with Gasteiger partial charge in [-0.25, -0.2) is 0 Å². The van der Waals surface area contributed by atoms with Crippen molar-refractivity contribution in [3.05, 3.63) is 22.4 Å². The third kappa shape index (κ3) is 3.47. The molecule has 21 heavy (non-hydrogen) atoms. The normalized spacial score (nSPS) is 18.4. The predicted molar refractivity (Wildman–Crippen MR) is 91.5 cm³/mol. The van der Waals surface area contributed by atoms with Crippen molar-refractivity contribution in [1.82, 2.24) is 10.2 Å². The zero-order valence-electron chi connectivity index (χ0n) is 12.4. The van der Waals surface area contributed by atoms with Crippen LogP contribution in [0.4, 0.5) is 0 Å². The number of thiophene rings is 2. The average Bonchev–Trinajstić information content (AvgIpc) is 3.18. The summed E-state index contributed by atoms with van der Waals surface area (Å²) in [4.78, 5) is 15.8. The first kappa shape index (κ1) is 15.0. The Morgan fingerprint density at radius 1 is 1.48 bits per heavy atom. The second-order valence-electron chi connectivity index (χ2n) is 5.66. The highest BCUT2D eigenvalue weighted by molar-refractivity contribution is 7.27. The Bertz CT molecular complexity index is 570. The van der Waals surface area contributed by atoms with E-state index >= 15 is 0 Å². The molecule has 0 radical (unpaired) electrons. The van der Waals surface area contributed by atoms with Gasteiger partial charge in [0.15, 0.2) is 0 Å². The summed E-state index contributed by atoms with van der Waals surface area (Å²) < 4.78 is 2.47. The van der Waals surface area contributed by atoms with Gasteiger partial charge >= 0.3 is 0 Å². The van der Waals surface area contributed by atoms with Crippen LogP contribution in [-0.4, -0.2) is 36.5 Å². The molecular weight excluding hydrogens is 300 g/mol. The number of unbranched alkanes of at least 4 members (excludes halogenated alkanes) is 1. The summed E-state index contributed by atoms with van der Waals surface area (Å²) in [6.45, 7) is 5.00. The molecule has 0 bridgehead atoms. The summed E-state index contributed by atoms with van der Waals surface area (Å²) in [5, 5.41) is 5.59. The van der Waals surface area contributed by atoms with Crippen LogP contribution in [-0.2, 0) is 0 Å². The Morgan fingerprint density at radius 3 is 3.10 bits per heavy atom. The molecule has 1 saturated heterocycles. The molecule has 2 aromatic heterocycles. The van der Waals surface area contributed by atoms with Crippen LogP contribution >= 0.6 is 22.7 Å². The second kappa shape index (κ2) is 6.90. The highest BCUT2D eigenvalue weighted by atomic mass is 32.1. The number of carbonyl (C=O) groups excluding carboxylic acids is 1. The molecule has 1 amide bonds. The molecule has 0 spiro atoms. The Hall–Kier alpha value is -0.910. The Kier molecular flexibility index (Phi) is 4.93. The minimum absolute atomic E-state index is 0.213. The summed E-state index contributed by atoms with van der Waals surface area (Å²) in [6, 6.07) is 4.65. The lowest BCUT2D eigenvalue weighted by Gasteiger charge is -2.25. The minimum Gasteiger partial charge on any atom is -0.336 e. The summed E-state index contributed by atoms with van der Waals surface area (Å²) in [7, 11) is 0. The van der Waals surface area contributed by atoms with Gasteiger partial charge in [0.05, 0.1) is 4.88 Å². The number of rotatable bonds is 6. The monoisotopic (exact) mass is 322 g/mol. The van der Waals surface area contributed by atoms with Gasteiger partial charge in [-0.1, -0.05) is 13.3 Å². The van der Waals surface area contributed by atoms with Gasteiger partial charge in [-0.3, -0.25) is 4.79 Å². The Balaban J connectivity index is 1.73. The number of amides is 1. The van der Waals surface area contributed by atoms with Crippen molar-refractivity contribution in [3.8, 4) is 0 Å². The van der Waals surface area contributed by atoms with Gasteiger partial charge in [0, 0.05) is 28.5 Å². The van der Waals surface area contributed by atoms with E-state index < -0.39 is 0 Å². The first-order valence-electron chi connectivity index (χ1n) is 7.77. The number of nitrogens with zero attached hydrogens (tertiary/aromatic N) is 1. The summed E-state index contributed by atoms with van der Waals surface area (Å²) in [5.74, 6) is 0.213. The van der Waals surface area contributed by atoms with Gasteiger partial charge in [-0.05, 0) is 43.3 Å². The molecule has 5 heteroatoms. The Labute approximate surface area is 134 Å². The fourth-order valence-corrected chi connectivity index (χ4v) is 4.91. The molecule has 1 N–H and O–H groups in total. The van der Waals surface area contributed by atoms with E-state index in [1.807, 2.05) is 0 Å². The molecule has 114 valence electrons. The summed E-state index contributed by atoms with van der Waals surface area (Å²) >= 11 is 3.35. The smallest absolute Gasteiger partial charge is 0.264 e. The van der Waals surface area contributed by atoms with Crippen LogP contribution in [0.15, 0.2) is 17.5 Å². The van der Waals surface area contributed by atoms with Crippen LogP contribution in [0.2, 0.25) is 0 Å². The number of carbonyl (C=O) groups is 1. The molecule has 3 rings (SSSR count). The van der Waals surface area contributed by atoms with Crippen molar-refractivity contribution < 1.29 is 4.79 Å². The van der Waals surface area contributed by atoms with E-state index in [9.17, 15) is 4.79 Å². The highest BCUT2D eigenvalue weighted by Crippen LogP contribution is 2.30. The first-order valence-corrected chi connectivity index (χ1v) is 9.47. The molecule has 0 aliphatic carbocycles. The molecule has 1 atom stereocenters. The number of fused-ring (bicyclic) bond motifs is 1. The van der Waals surface area contributed by atoms with Crippen LogP contribution in [0.1, 0.15) is 42.3 Å². The van der Waals surface area contributed by atoms with E-state index in [4.69, 9.17) is 0 Å². The van der Waals surface area contributed by atoms with E-state index in [0.29, 0.717) is 6.04 Å². The molecule has 0 aromatic carbocycles. The van der Waals surface area contributed by atoms with E-state index in [0.717, 1.165) is 37.4 Å². The van der Waals surface area contributed by atoms with Crippen LogP contribution in [0.3, 0.4) is 0 Å². The molecule has 3 nitrogen and oxygen atoms in total. The Morgan fingerprint density at radius 2 is 2.38 bits per heavy atom. The second-order valence-corrected chi connectivity index (χ2v) is 7.69. The first-order chi connectivity index (χ1) is 10.3. The molecular formula is C16H22N2OS2. The van der Waals surface area contributed by atoms with Crippen molar-refractivity contribution >= 4 is 38.0 Å². The van der Waals surface area contributed by atoms with Gasteiger partial charge < -0.3 is 10.2 Å². The maximum absolute atomic E-state index is 12.8. The van der Waals surface area contributed by atoms with Gasteiger partial charge in [0.1, 0.15) is 0 Å². The van der Waals surface area contributed by atoms with E-state index in [-0.39, 0.29) is 5.91 Å². The number of hydrogen-bond acceptors (Lipinski definition) is 4. The van der Waals surface area contributed by atoms with Crippen LogP contribution < -0.4 is 5.32 Å². The van der Waals surface area contributed by atoms with Crippen molar-refractivity contribution in [2.24, 2.45) is 0 Å². The minimum atomic E-state index is 0.213. The van der Waals surface area contributed by atoms with E-state index in [1.54, 1.807) is 22.7 Å². The van der Waals surface area contributed by atoms with Gasteiger partial charge in [0.25, 0.3) is 5.91 Å². The van der Waals surface area contributed by atoms with Crippen molar-refractivity contribution in [1.29, 1.82) is 0 Å². The zero-order chi connectivity index (χ0) is 14.7. The summed E-state index contributed by atoms with van der Waals surface area (Å²) in [5.41, 5.74) is 0.